The van der Waals surface area contributed by atoms with E-state index in [9.17, 15) is 14.0 Å². The molecule has 2 heterocycles. The van der Waals surface area contributed by atoms with Crippen LogP contribution in [0.4, 0.5) is 20.8 Å². The molecule has 1 aromatic heterocycles. The topological polar surface area (TPSA) is 128 Å². The third kappa shape index (κ3) is 4.44. The molecule has 2 amide bonds. The predicted molar refractivity (Wildman–Crippen MR) is 109 cm³/mol. The summed E-state index contributed by atoms with van der Waals surface area (Å²) < 4.78 is 21.5. The van der Waals surface area contributed by atoms with Crippen molar-refractivity contribution in [2.24, 2.45) is 0 Å². The number of carbonyl (C=O) groups is 2. The van der Waals surface area contributed by atoms with Crippen molar-refractivity contribution in [3.8, 4) is 11.1 Å². The summed E-state index contributed by atoms with van der Waals surface area (Å²) >= 11 is 0. The van der Waals surface area contributed by atoms with Gasteiger partial charge in [0, 0.05) is 12.5 Å². The minimum atomic E-state index is -0.575. The summed E-state index contributed by atoms with van der Waals surface area (Å²) in [6.45, 7) is 2.22. The second-order valence-corrected chi connectivity index (χ2v) is 7.11. The van der Waals surface area contributed by atoms with Crippen LogP contribution in [0.2, 0.25) is 0 Å². The molecule has 4 rings (SSSR count). The van der Waals surface area contributed by atoms with E-state index in [1.165, 1.54) is 22.6 Å². The lowest BCUT2D eigenvalue weighted by Gasteiger charge is -2.14. The third-order valence-electron chi connectivity index (χ3n) is 4.87. The molecule has 31 heavy (non-hydrogen) atoms. The molecule has 1 aliphatic heterocycles. The van der Waals surface area contributed by atoms with E-state index in [1.807, 2.05) is 12.1 Å². The van der Waals surface area contributed by atoms with Crippen LogP contribution in [0.15, 0.2) is 42.5 Å². The normalized spacial score (nSPS) is 15.7. The number of carbonyl (C=O) groups excluding carboxylic acids is 2. The van der Waals surface area contributed by atoms with Crippen LogP contribution in [0.3, 0.4) is 0 Å². The van der Waals surface area contributed by atoms with Crippen LogP contribution in [-0.4, -0.2) is 51.4 Å². The number of ether oxygens (including phenoxy) is 1. The molecule has 0 saturated carbocycles. The lowest BCUT2D eigenvalue weighted by Crippen LogP contribution is -2.33. The highest BCUT2D eigenvalue weighted by atomic mass is 19.1. The Hall–Kier alpha value is -4.02. The van der Waals surface area contributed by atoms with Crippen molar-refractivity contribution >= 4 is 23.6 Å². The number of hydrogen-bond acceptors (Lipinski definition) is 7. The number of rotatable bonds is 6. The second-order valence-electron chi connectivity index (χ2n) is 7.11. The fourth-order valence-electron chi connectivity index (χ4n) is 3.29. The lowest BCUT2D eigenvalue weighted by molar-refractivity contribution is -0.119. The summed E-state index contributed by atoms with van der Waals surface area (Å²) in [7, 11) is 0. The van der Waals surface area contributed by atoms with E-state index in [0.717, 1.165) is 5.56 Å². The van der Waals surface area contributed by atoms with Crippen molar-refractivity contribution in [2.75, 3.05) is 23.7 Å². The van der Waals surface area contributed by atoms with Crippen LogP contribution in [0.5, 0.6) is 0 Å². The van der Waals surface area contributed by atoms with E-state index >= 15 is 0 Å². The van der Waals surface area contributed by atoms with Gasteiger partial charge in [-0.3, -0.25) is 9.69 Å². The molecule has 0 unspecified atom stereocenters. The molecule has 0 radical (unpaired) electrons. The number of hydrogen-bond donors (Lipinski definition) is 2. The Morgan fingerprint density at radius 2 is 2.06 bits per heavy atom. The second kappa shape index (κ2) is 8.38. The maximum absolute atomic E-state index is 14.8. The Labute approximate surface area is 176 Å². The van der Waals surface area contributed by atoms with Gasteiger partial charge in [0.1, 0.15) is 11.9 Å². The van der Waals surface area contributed by atoms with Crippen LogP contribution in [0, 0.1) is 5.82 Å². The van der Waals surface area contributed by atoms with E-state index in [2.05, 4.69) is 20.8 Å². The molecule has 0 aliphatic carbocycles. The van der Waals surface area contributed by atoms with Crippen molar-refractivity contribution in [3.05, 3.63) is 53.8 Å². The Balaban J connectivity index is 1.47. The minimum absolute atomic E-state index is 0.209. The van der Waals surface area contributed by atoms with E-state index in [0.29, 0.717) is 23.4 Å². The Bertz CT molecular complexity index is 1120. The van der Waals surface area contributed by atoms with Crippen molar-refractivity contribution in [2.45, 2.75) is 19.6 Å². The molecule has 1 saturated heterocycles. The molecule has 10 nitrogen and oxygen atoms in total. The summed E-state index contributed by atoms with van der Waals surface area (Å²) in [5.41, 5.74) is 8.05. The molecular weight excluding hydrogens is 405 g/mol. The lowest BCUT2D eigenvalue weighted by atomic mass is 10.0. The number of anilines is 2. The first-order valence-corrected chi connectivity index (χ1v) is 9.54. The van der Waals surface area contributed by atoms with Crippen molar-refractivity contribution in [3.63, 3.8) is 0 Å². The number of nitrogens with two attached hydrogens (primary N) is 1. The number of amides is 2. The number of aromatic nitrogens is 4. The van der Waals surface area contributed by atoms with Crippen LogP contribution in [-0.2, 0) is 16.1 Å². The molecule has 3 aromatic rings. The van der Waals surface area contributed by atoms with Crippen LogP contribution < -0.4 is 16.0 Å². The number of nitrogens with zero attached hydrogens (tertiary/aromatic N) is 5. The number of halogens is 1. The van der Waals surface area contributed by atoms with E-state index in [-0.39, 0.29) is 24.9 Å². The van der Waals surface area contributed by atoms with Crippen molar-refractivity contribution < 1.29 is 18.7 Å². The van der Waals surface area contributed by atoms with Crippen molar-refractivity contribution in [1.29, 1.82) is 0 Å². The maximum Gasteiger partial charge on any atom is 0.414 e. The smallest absolute Gasteiger partial charge is 0.414 e. The number of benzene rings is 2. The quantitative estimate of drug-likeness (QED) is 0.613. The molecule has 0 bridgehead atoms. The number of nitrogens with one attached hydrogen (secondary N) is 1. The van der Waals surface area contributed by atoms with Crippen molar-refractivity contribution in [1.82, 2.24) is 25.5 Å². The minimum Gasteiger partial charge on any atom is -0.442 e. The number of nitrogen functional groups attached to an aromatic ring is 1. The standard InChI is InChI=1S/C20H20FN7O3/c1-12(29)23-9-16-11-27(20(30)31-16)15-6-7-17(18(21)8-15)14-4-2-13(3-5-14)10-28-19(22)24-25-26-28/h2-8,16H,9-11H2,1H3,(H,23,29)(H2,22,24,26)/t16-/m0/s1. The van der Waals surface area contributed by atoms with Gasteiger partial charge in [0.25, 0.3) is 0 Å². The van der Waals surface area contributed by atoms with Gasteiger partial charge >= 0.3 is 6.09 Å². The zero-order valence-corrected chi connectivity index (χ0v) is 16.7. The fourth-order valence-corrected chi connectivity index (χ4v) is 3.29. The number of cyclic esters (lactones) is 1. The van der Waals surface area contributed by atoms with Gasteiger partial charge in [-0.25, -0.2) is 13.9 Å². The highest BCUT2D eigenvalue weighted by Crippen LogP contribution is 2.29. The maximum atomic E-state index is 14.8. The van der Waals surface area contributed by atoms with E-state index < -0.39 is 18.0 Å². The molecule has 1 atom stereocenters. The highest BCUT2D eigenvalue weighted by Gasteiger charge is 2.32. The fraction of sp³-hybridized carbons (Fsp3) is 0.250. The first kappa shape index (κ1) is 20.3. The van der Waals surface area contributed by atoms with Gasteiger partial charge in [0.15, 0.2) is 0 Å². The molecular formula is C20H20FN7O3. The predicted octanol–water partition coefficient (Wildman–Crippen LogP) is 1.57. The van der Waals surface area contributed by atoms with Crippen LogP contribution in [0.1, 0.15) is 12.5 Å². The average molecular weight is 425 g/mol. The molecule has 3 N–H and O–H groups in total. The summed E-state index contributed by atoms with van der Waals surface area (Å²) in [6, 6.07) is 11.8. The van der Waals surface area contributed by atoms with Gasteiger partial charge in [0.05, 0.1) is 25.3 Å². The van der Waals surface area contributed by atoms with Gasteiger partial charge in [-0.2, -0.15) is 0 Å². The Morgan fingerprint density at radius 1 is 1.29 bits per heavy atom. The summed E-state index contributed by atoms with van der Waals surface area (Å²) in [5, 5.41) is 13.5. The average Bonchev–Trinajstić information content (AvgIpc) is 3.32. The van der Waals surface area contributed by atoms with Gasteiger partial charge in [-0.15, -0.1) is 0 Å². The first-order chi connectivity index (χ1) is 14.9. The molecule has 1 aliphatic rings. The largest absolute Gasteiger partial charge is 0.442 e. The van der Waals surface area contributed by atoms with E-state index in [1.54, 1.807) is 24.3 Å². The summed E-state index contributed by atoms with van der Waals surface area (Å²) in [6.07, 6.45) is -1.06. The van der Waals surface area contributed by atoms with Gasteiger partial charge in [-0.05, 0) is 39.8 Å². The molecule has 160 valence electrons. The zero-order valence-electron chi connectivity index (χ0n) is 16.7. The van der Waals surface area contributed by atoms with Gasteiger partial charge < -0.3 is 15.8 Å². The first-order valence-electron chi connectivity index (χ1n) is 9.54. The SMILES string of the molecule is CC(=O)NC[C@H]1CN(c2ccc(-c3ccc(Cn4nnnc4N)cc3)c(F)c2)C(=O)O1. The molecule has 2 aromatic carbocycles. The van der Waals surface area contributed by atoms with Crippen LogP contribution in [0.25, 0.3) is 11.1 Å². The monoisotopic (exact) mass is 425 g/mol. The zero-order chi connectivity index (χ0) is 22.0. The third-order valence-corrected chi connectivity index (χ3v) is 4.87. The Kier molecular flexibility index (Phi) is 5.48. The van der Waals surface area contributed by atoms with Gasteiger partial charge in [-0.1, -0.05) is 29.4 Å². The highest BCUT2D eigenvalue weighted by molar-refractivity contribution is 5.90. The summed E-state index contributed by atoms with van der Waals surface area (Å²) in [5.74, 6) is -0.462. The van der Waals surface area contributed by atoms with Crippen LogP contribution >= 0.6 is 0 Å². The molecule has 0 spiro atoms. The number of tetrazole rings is 1. The van der Waals surface area contributed by atoms with E-state index in [4.69, 9.17) is 10.5 Å². The van der Waals surface area contributed by atoms with Gasteiger partial charge in [0.2, 0.25) is 11.9 Å². The summed E-state index contributed by atoms with van der Waals surface area (Å²) in [4.78, 5) is 24.5. The Morgan fingerprint density at radius 3 is 2.71 bits per heavy atom. The molecule has 1 fully saturated rings. The molecule has 11 heteroatoms.